The molecule has 0 radical (unpaired) electrons. The van der Waals surface area contributed by atoms with Crippen molar-refractivity contribution >= 4 is 40.1 Å². The molecule has 0 atom stereocenters. The fraction of sp³-hybridized carbons (Fsp3) is 0.0833. The molecular formula is C12H10IN3O2. The van der Waals surface area contributed by atoms with E-state index in [1.807, 2.05) is 24.3 Å². The highest BCUT2D eigenvalue weighted by Crippen LogP contribution is 2.19. The third-order valence-corrected chi connectivity index (χ3v) is 2.94. The predicted octanol–water partition coefficient (Wildman–Crippen LogP) is 2.61. The van der Waals surface area contributed by atoms with Gasteiger partial charge < -0.3 is 10.1 Å². The Morgan fingerprint density at radius 2 is 2.06 bits per heavy atom. The number of methoxy groups -OCH3 is 1. The van der Waals surface area contributed by atoms with Crippen LogP contribution in [0.25, 0.3) is 0 Å². The van der Waals surface area contributed by atoms with Crippen molar-refractivity contribution in [2.45, 2.75) is 0 Å². The molecule has 1 heterocycles. The summed E-state index contributed by atoms with van der Waals surface area (Å²) < 4.78 is 5.81. The Bertz CT molecular complexity index is 558. The largest absolute Gasteiger partial charge is 0.465 e. The molecule has 0 fully saturated rings. The quantitative estimate of drug-likeness (QED) is 0.677. The molecule has 1 N–H and O–H groups in total. The maximum Gasteiger partial charge on any atom is 0.343 e. The van der Waals surface area contributed by atoms with E-state index in [1.54, 1.807) is 0 Å². The topological polar surface area (TPSA) is 64.1 Å². The molecule has 6 heteroatoms. The highest BCUT2D eigenvalue weighted by Gasteiger charge is 2.13. The van der Waals surface area contributed by atoms with Crippen LogP contribution in [0, 0.1) is 3.57 Å². The monoisotopic (exact) mass is 355 g/mol. The van der Waals surface area contributed by atoms with Gasteiger partial charge in [-0.2, -0.15) is 0 Å². The molecule has 0 bridgehead atoms. The fourth-order valence-corrected chi connectivity index (χ4v) is 1.72. The molecule has 0 saturated carbocycles. The van der Waals surface area contributed by atoms with Crippen molar-refractivity contribution in [1.82, 2.24) is 9.97 Å². The second kappa shape index (κ2) is 5.76. The van der Waals surface area contributed by atoms with Gasteiger partial charge in [0.05, 0.1) is 7.11 Å². The van der Waals surface area contributed by atoms with Gasteiger partial charge in [0.2, 0.25) is 0 Å². The van der Waals surface area contributed by atoms with Gasteiger partial charge in [0, 0.05) is 15.5 Å². The second-order valence-electron chi connectivity index (χ2n) is 3.41. The Morgan fingerprint density at radius 3 is 2.72 bits per heavy atom. The van der Waals surface area contributed by atoms with Gasteiger partial charge in [0.1, 0.15) is 17.7 Å². The van der Waals surface area contributed by atoms with Crippen LogP contribution in [0.15, 0.2) is 36.8 Å². The Hall–Kier alpha value is -1.70. The van der Waals surface area contributed by atoms with E-state index in [0.717, 1.165) is 9.26 Å². The lowest BCUT2D eigenvalue weighted by molar-refractivity contribution is 0.0601. The Morgan fingerprint density at radius 1 is 1.33 bits per heavy atom. The molecule has 0 spiro atoms. The molecule has 2 rings (SSSR count). The van der Waals surface area contributed by atoms with Gasteiger partial charge in [-0.25, -0.2) is 14.8 Å². The van der Waals surface area contributed by atoms with Crippen LogP contribution in [0.3, 0.4) is 0 Å². The van der Waals surface area contributed by atoms with Crippen molar-refractivity contribution < 1.29 is 9.53 Å². The molecule has 1 aromatic heterocycles. The summed E-state index contributed by atoms with van der Waals surface area (Å²) in [7, 11) is 1.32. The number of nitrogens with one attached hydrogen (secondary N) is 1. The number of carbonyl (C=O) groups excluding carboxylic acids is 1. The molecule has 5 nitrogen and oxygen atoms in total. The van der Waals surface area contributed by atoms with Crippen molar-refractivity contribution in [2.24, 2.45) is 0 Å². The molecule has 0 aliphatic carbocycles. The standard InChI is InChI=1S/C12H10IN3O2/c1-18-12(17)10-6-14-7-15-11(10)16-9-4-2-8(13)3-5-9/h2-7H,1H3,(H,14,15,16). The van der Waals surface area contributed by atoms with Gasteiger partial charge in [-0.15, -0.1) is 0 Å². The van der Waals surface area contributed by atoms with E-state index < -0.39 is 5.97 Å². The number of aromatic nitrogens is 2. The zero-order valence-electron chi connectivity index (χ0n) is 9.55. The molecule has 0 saturated heterocycles. The van der Waals surface area contributed by atoms with Crippen LogP contribution in [0.1, 0.15) is 10.4 Å². The number of hydrogen-bond donors (Lipinski definition) is 1. The Labute approximate surface area is 118 Å². The minimum absolute atomic E-state index is 0.304. The number of carbonyl (C=O) groups is 1. The van der Waals surface area contributed by atoms with Gasteiger partial charge in [-0.1, -0.05) is 0 Å². The Balaban J connectivity index is 2.28. The van der Waals surface area contributed by atoms with Crippen LogP contribution in [-0.4, -0.2) is 23.0 Å². The number of anilines is 2. The number of hydrogen-bond acceptors (Lipinski definition) is 5. The van der Waals surface area contributed by atoms with Crippen LogP contribution in [0.5, 0.6) is 0 Å². The average Bonchev–Trinajstić information content (AvgIpc) is 2.41. The van der Waals surface area contributed by atoms with Crippen LogP contribution in [0.2, 0.25) is 0 Å². The first-order valence-corrected chi connectivity index (χ1v) is 6.19. The lowest BCUT2D eigenvalue weighted by Crippen LogP contribution is -2.07. The summed E-state index contributed by atoms with van der Waals surface area (Å²) in [4.78, 5) is 19.4. The summed E-state index contributed by atoms with van der Waals surface area (Å²) in [5.74, 6) is -0.0401. The number of esters is 1. The van der Waals surface area contributed by atoms with Crippen LogP contribution >= 0.6 is 22.6 Å². The first-order valence-electron chi connectivity index (χ1n) is 5.11. The van der Waals surface area contributed by atoms with Gasteiger partial charge in [-0.05, 0) is 46.9 Å². The van der Waals surface area contributed by atoms with E-state index in [1.165, 1.54) is 19.6 Å². The molecule has 1 aromatic carbocycles. The van der Waals surface area contributed by atoms with Crippen molar-refractivity contribution in [3.8, 4) is 0 Å². The van der Waals surface area contributed by atoms with Crippen molar-refractivity contribution in [3.05, 3.63) is 45.9 Å². The molecular weight excluding hydrogens is 345 g/mol. The fourth-order valence-electron chi connectivity index (χ4n) is 1.36. The van der Waals surface area contributed by atoms with Gasteiger partial charge in [0.15, 0.2) is 0 Å². The summed E-state index contributed by atoms with van der Waals surface area (Å²) in [6.45, 7) is 0. The van der Waals surface area contributed by atoms with Crippen molar-refractivity contribution in [2.75, 3.05) is 12.4 Å². The molecule has 0 aliphatic rings. The third kappa shape index (κ3) is 2.95. The SMILES string of the molecule is COC(=O)c1cncnc1Nc1ccc(I)cc1. The third-order valence-electron chi connectivity index (χ3n) is 2.22. The van der Waals surface area contributed by atoms with Gasteiger partial charge in [-0.3, -0.25) is 0 Å². The molecule has 0 unspecified atom stereocenters. The zero-order valence-corrected chi connectivity index (χ0v) is 11.7. The minimum atomic E-state index is -0.469. The summed E-state index contributed by atoms with van der Waals surface area (Å²) in [6.07, 6.45) is 2.80. The van der Waals surface area contributed by atoms with E-state index >= 15 is 0 Å². The summed E-state index contributed by atoms with van der Waals surface area (Å²) in [5.41, 5.74) is 1.15. The number of nitrogens with zero attached hydrogens (tertiary/aromatic N) is 2. The number of benzene rings is 1. The maximum absolute atomic E-state index is 11.5. The zero-order chi connectivity index (χ0) is 13.0. The van der Waals surface area contributed by atoms with Crippen molar-refractivity contribution in [1.29, 1.82) is 0 Å². The molecule has 2 aromatic rings. The molecule has 18 heavy (non-hydrogen) atoms. The second-order valence-corrected chi connectivity index (χ2v) is 4.65. The first kappa shape index (κ1) is 12.7. The predicted molar refractivity (Wildman–Crippen MR) is 75.8 cm³/mol. The number of rotatable bonds is 3. The Kier molecular flexibility index (Phi) is 4.08. The number of halogens is 1. The lowest BCUT2D eigenvalue weighted by atomic mass is 10.3. The molecule has 0 amide bonds. The lowest BCUT2D eigenvalue weighted by Gasteiger charge is -2.08. The first-order chi connectivity index (χ1) is 8.70. The van der Waals surface area contributed by atoms with Crippen molar-refractivity contribution in [3.63, 3.8) is 0 Å². The highest BCUT2D eigenvalue weighted by atomic mass is 127. The summed E-state index contributed by atoms with van der Waals surface area (Å²) >= 11 is 2.22. The van der Waals surface area contributed by atoms with E-state index in [4.69, 9.17) is 0 Å². The average molecular weight is 355 g/mol. The summed E-state index contributed by atoms with van der Waals surface area (Å²) in [6, 6.07) is 7.74. The number of ether oxygens (including phenoxy) is 1. The van der Waals surface area contributed by atoms with Gasteiger partial charge >= 0.3 is 5.97 Å². The van der Waals surface area contributed by atoms with E-state index in [2.05, 4.69) is 42.6 Å². The summed E-state index contributed by atoms with van der Waals surface area (Å²) in [5, 5.41) is 3.06. The maximum atomic E-state index is 11.5. The highest BCUT2D eigenvalue weighted by molar-refractivity contribution is 14.1. The van der Waals surface area contributed by atoms with Gasteiger partial charge in [0.25, 0.3) is 0 Å². The smallest absolute Gasteiger partial charge is 0.343 e. The van der Waals surface area contributed by atoms with E-state index in [-0.39, 0.29) is 0 Å². The van der Waals surface area contributed by atoms with E-state index in [0.29, 0.717) is 11.4 Å². The molecule has 92 valence electrons. The van der Waals surface area contributed by atoms with E-state index in [9.17, 15) is 4.79 Å². The van der Waals surface area contributed by atoms with Crippen LogP contribution in [0.4, 0.5) is 11.5 Å². The van der Waals surface area contributed by atoms with Crippen LogP contribution in [-0.2, 0) is 4.74 Å². The normalized spacial score (nSPS) is 9.89. The molecule has 0 aliphatic heterocycles. The minimum Gasteiger partial charge on any atom is -0.465 e. The van der Waals surface area contributed by atoms with Crippen LogP contribution < -0.4 is 5.32 Å².